The third-order valence-corrected chi connectivity index (χ3v) is 6.23. The highest BCUT2D eigenvalue weighted by Crippen LogP contribution is 2.27. The van der Waals surface area contributed by atoms with E-state index >= 15 is 0 Å². The minimum Gasteiger partial charge on any atom is -0.496 e. The van der Waals surface area contributed by atoms with Crippen molar-refractivity contribution in [3.8, 4) is 17.3 Å². The maximum atomic E-state index is 13.0. The van der Waals surface area contributed by atoms with Crippen molar-refractivity contribution in [2.45, 2.75) is 26.3 Å². The molecule has 35 heavy (non-hydrogen) atoms. The zero-order valence-electron chi connectivity index (χ0n) is 20.1. The van der Waals surface area contributed by atoms with Crippen LogP contribution in [0.1, 0.15) is 34.8 Å². The molecule has 5 rings (SSSR count). The van der Waals surface area contributed by atoms with Crippen molar-refractivity contribution in [1.29, 1.82) is 0 Å². The molecule has 9 nitrogen and oxygen atoms in total. The average molecular weight is 475 g/mol. The Bertz CT molecular complexity index is 1320. The van der Waals surface area contributed by atoms with E-state index in [-0.39, 0.29) is 5.91 Å². The number of imidazole rings is 1. The first kappa shape index (κ1) is 23.1. The fourth-order valence-corrected chi connectivity index (χ4v) is 4.42. The summed E-state index contributed by atoms with van der Waals surface area (Å²) >= 11 is 0. The van der Waals surface area contributed by atoms with Gasteiger partial charge in [0.05, 0.1) is 37.0 Å². The third-order valence-electron chi connectivity index (χ3n) is 6.23. The highest BCUT2D eigenvalue weighted by atomic mass is 16.5. The Morgan fingerprint density at radius 1 is 1.20 bits per heavy atom. The lowest BCUT2D eigenvalue weighted by Gasteiger charge is -2.26. The summed E-state index contributed by atoms with van der Waals surface area (Å²) in [7, 11) is 1.64. The molecule has 2 aromatic heterocycles. The van der Waals surface area contributed by atoms with Crippen LogP contribution in [0, 0.1) is 0 Å². The van der Waals surface area contributed by atoms with E-state index in [0.29, 0.717) is 22.8 Å². The number of nitrogens with one attached hydrogen (secondary N) is 3. The molecule has 0 spiro atoms. The summed E-state index contributed by atoms with van der Waals surface area (Å²) < 4.78 is 10.9. The van der Waals surface area contributed by atoms with E-state index in [2.05, 4.69) is 44.5 Å². The summed E-state index contributed by atoms with van der Waals surface area (Å²) in [5.41, 5.74) is 5.70. The Kier molecular flexibility index (Phi) is 6.78. The van der Waals surface area contributed by atoms with Gasteiger partial charge in [0.1, 0.15) is 5.75 Å². The summed E-state index contributed by atoms with van der Waals surface area (Å²) in [6.07, 6.45) is 3.47. The fourth-order valence-electron chi connectivity index (χ4n) is 4.42. The number of nitrogens with zero attached hydrogens (tertiary/aromatic N) is 3. The number of carbonyl (C=O) groups is 1. The quantitative estimate of drug-likeness (QED) is 0.356. The van der Waals surface area contributed by atoms with Crippen LogP contribution in [-0.4, -0.2) is 64.4 Å². The van der Waals surface area contributed by atoms with Gasteiger partial charge in [-0.05, 0) is 47.9 Å². The highest BCUT2D eigenvalue weighted by Gasteiger charge is 2.18. The Morgan fingerprint density at radius 3 is 2.86 bits per heavy atom. The number of morpholine rings is 1. The normalized spacial score (nSPS) is 14.3. The molecule has 1 saturated heterocycles. The highest BCUT2D eigenvalue weighted by molar-refractivity contribution is 6.06. The minimum atomic E-state index is -0.212. The summed E-state index contributed by atoms with van der Waals surface area (Å²) in [4.78, 5) is 23.5. The van der Waals surface area contributed by atoms with E-state index in [1.165, 1.54) is 5.56 Å². The zero-order valence-corrected chi connectivity index (χ0v) is 20.1. The van der Waals surface area contributed by atoms with Crippen molar-refractivity contribution in [3.05, 3.63) is 59.3 Å². The van der Waals surface area contributed by atoms with Crippen LogP contribution in [-0.2, 0) is 17.7 Å². The Morgan fingerprint density at radius 2 is 2.06 bits per heavy atom. The summed E-state index contributed by atoms with van der Waals surface area (Å²) in [6, 6.07) is 11.7. The van der Waals surface area contributed by atoms with Gasteiger partial charge in [-0.1, -0.05) is 19.4 Å². The van der Waals surface area contributed by atoms with Crippen LogP contribution in [0.2, 0.25) is 0 Å². The van der Waals surface area contributed by atoms with Crippen molar-refractivity contribution in [2.24, 2.45) is 0 Å². The maximum absolute atomic E-state index is 13.0. The van der Waals surface area contributed by atoms with Crippen LogP contribution in [0.3, 0.4) is 0 Å². The van der Waals surface area contributed by atoms with E-state index in [4.69, 9.17) is 14.5 Å². The summed E-state index contributed by atoms with van der Waals surface area (Å²) in [5, 5.41) is 10.2. The second kappa shape index (κ2) is 10.3. The Hall–Kier alpha value is -3.69. The fraction of sp³-hybridized carbons (Fsp3) is 0.346. The Labute approximate surface area is 203 Å². The predicted molar refractivity (Wildman–Crippen MR) is 135 cm³/mol. The van der Waals surface area contributed by atoms with Gasteiger partial charge in [-0.25, -0.2) is 4.98 Å². The first-order valence-electron chi connectivity index (χ1n) is 12.0. The molecule has 1 amide bonds. The molecular weight excluding hydrogens is 444 g/mol. The number of aryl methyl sites for hydroxylation is 1. The molecule has 2 aromatic carbocycles. The number of ether oxygens (including phenoxy) is 2. The Balaban J connectivity index is 1.35. The first-order chi connectivity index (χ1) is 17.1. The van der Waals surface area contributed by atoms with Gasteiger partial charge >= 0.3 is 0 Å². The molecule has 0 bridgehead atoms. The molecule has 0 aliphatic carbocycles. The van der Waals surface area contributed by atoms with Crippen LogP contribution < -0.4 is 10.1 Å². The number of fused-ring (bicyclic) bond motifs is 1. The van der Waals surface area contributed by atoms with Gasteiger partial charge in [0.15, 0.2) is 11.5 Å². The molecular formula is C26H30N6O3. The van der Waals surface area contributed by atoms with E-state index in [1.807, 2.05) is 18.2 Å². The average Bonchev–Trinajstić information content (AvgIpc) is 3.51. The second-order valence-corrected chi connectivity index (χ2v) is 8.70. The van der Waals surface area contributed by atoms with Crippen molar-refractivity contribution in [1.82, 2.24) is 25.1 Å². The molecule has 0 radical (unpaired) electrons. The molecule has 182 valence electrons. The number of anilines is 1. The van der Waals surface area contributed by atoms with Crippen LogP contribution in [0.4, 0.5) is 5.69 Å². The van der Waals surface area contributed by atoms with Crippen molar-refractivity contribution >= 4 is 22.6 Å². The second-order valence-electron chi connectivity index (χ2n) is 8.70. The molecule has 4 aromatic rings. The van der Waals surface area contributed by atoms with E-state index in [9.17, 15) is 4.79 Å². The topological polar surface area (TPSA) is 108 Å². The number of H-pyrrole nitrogens is 2. The standard InChI is InChI=1S/C26H30N6O3/c1-3-4-18-14-19(6-8-23(18)34-2)26(33)30-22-15-27-31-24(22)25-28-20-7-5-17(13-21(20)29-25)16-32-9-11-35-12-10-32/h5-8,13-15H,3-4,9-12,16H2,1-2H3,(H,27,31)(H,28,29)(H,30,33). The number of hydrogen-bond donors (Lipinski definition) is 3. The molecule has 0 atom stereocenters. The zero-order chi connectivity index (χ0) is 24.2. The van der Waals surface area contributed by atoms with Gasteiger partial charge in [-0.2, -0.15) is 5.10 Å². The van der Waals surface area contributed by atoms with E-state index in [1.54, 1.807) is 19.4 Å². The van der Waals surface area contributed by atoms with E-state index < -0.39 is 0 Å². The van der Waals surface area contributed by atoms with Gasteiger partial charge in [0, 0.05) is 31.4 Å². The first-order valence-corrected chi connectivity index (χ1v) is 12.0. The van der Waals surface area contributed by atoms with Crippen molar-refractivity contribution in [3.63, 3.8) is 0 Å². The SMILES string of the molecule is CCCc1cc(C(=O)Nc2c[nH]nc2-c2nc3cc(CN4CCOCC4)ccc3[nH]2)ccc1OC. The predicted octanol–water partition coefficient (Wildman–Crippen LogP) is 4.00. The monoisotopic (exact) mass is 474 g/mol. The molecule has 0 unspecified atom stereocenters. The third kappa shape index (κ3) is 5.06. The lowest BCUT2D eigenvalue weighted by molar-refractivity contribution is 0.0342. The van der Waals surface area contributed by atoms with Gasteiger partial charge in [0.2, 0.25) is 0 Å². The summed E-state index contributed by atoms with van der Waals surface area (Å²) in [6.45, 7) is 6.40. The lowest BCUT2D eigenvalue weighted by atomic mass is 10.0. The van der Waals surface area contributed by atoms with Crippen LogP contribution in [0.25, 0.3) is 22.6 Å². The van der Waals surface area contributed by atoms with Crippen molar-refractivity contribution in [2.75, 3.05) is 38.7 Å². The van der Waals surface area contributed by atoms with Crippen LogP contribution >= 0.6 is 0 Å². The minimum absolute atomic E-state index is 0.212. The molecule has 3 N–H and O–H groups in total. The molecule has 9 heteroatoms. The van der Waals surface area contributed by atoms with Gasteiger partial charge in [0.25, 0.3) is 5.91 Å². The van der Waals surface area contributed by atoms with Gasteiger partial charge in [-0.15, -0.1) is 0 Å². The van der Waals surface area contributed by atoms with E-state index in [0.717, 1.165) is 68.0 Å². The molecule has 0 saturated carbocycles. The molecule has 1 fully saturated rings. The van der Waals surface area contributed by atoms with Crippen LogP contribution in [0.5, 0.6) is 5.75 Å². The number of carbonyl (C=O) groups excluding carboxylic acids is 1. The maximum Gasteiger partial charge on any atom is 0.255 e. The smallest absolute Gasteiger partial charge is 0.255 e. The van der Waals surface area contributed by atoms with Crippen molar-refractivity contribution < 1.29 is 14.3 Å². The number of aromatic nitrogens is 4. The number of aromatic amines is 2. The van der Waals surface area contributed by atoms with Gasteiger partial charge < -0.3 is 19.8 Å². The van der Waals surface area contributed by atoms with Gasteiger partial charge in [-0.3, -0.25) is 14.8 Å². The number of benzene rings is 2. The molecule has 1 aliphatic heterocycles. The number of methoxy groups -OCH3 is 1. The van der Waals surface area contributed by atoms with Crippen LogP contribution in [0.15, 0.2) is 42.6 Å². The largest absolute Gasteiger partial charge is 0.496 e. The lowest BCUT2D eigenvalue weighted by Crippen LogP contribution is -2.35. The number of amides is 1. The molecule has 1 aliphatic rings. The number of hydrogen-bond acceptors (Lipinski definition) is 6. The number of rotatable bonds is 8. The molecule has 3 heterocycles. The summed E-state index contributed by atoms with van der Waals surface area (Å²) in [5.74, 6) is 1.18.